The zero-order chi connectivity index (χ0) is 25.9. The number of thiophene rings is 1. The van der Waals surface area contributed by atoms with E-state index >= 15 is 0 Å². The van der Waals surface area contributed by atoms with E-state index in [0.29, 0.717) is 46.0 Å². The fourth-order valence-electron chi connectivity index (χ4n) is 4.06. The average molecular weight is 545 g/mol. The van der Waals surface area contributed by atoms with E-state index in [9.17, 15) is 9.18 Å². The molecule has 10 heteroatoms. The van der Waals surface area contributed by atoms with Crippen molar-refractivity contribution in [1.82, 2.24) is 20.1 Å². The Balaban J connectivity index is 1.17. The molecule has 5 aromatic rings. The number of carbonyl (C=O) groups is 1. The molecular weight excluding hydrogens is 523 g/mol. The van der Waals surface area contributed by atoms with Gasteiger partial charge in [-0.25, -0.2) is 4.39 Å². The summed E-state index contributed by atoms with van der Waals surface area (Å²) in [5, 5.41) is 14.2. The Morgan fingerprint density at radius 3 is 2.74 bits per heavy atom. The lowest BCUT2D eigenvalue weighted by Crippen LogP contribution is -2.22. The van der Waals surface area contributed by atoms with Crippen molar-refractivity contribution in [3.63, 3.8) is 0 Å². The Kier molecular flexibility index (Phi) is 6.80. The minimum absolute atomic E-state index is 0.177. The predicted molar refractivity (Wildman–Crippen MR) is 144 cm³/mol. The summed E-state index contributed by atoms with van der Waals surface area (Å²) in [7, 11) is 0. The number of nitrogens with one attached hydrogen (secondary N) is 1. The van der Waals surface area contributed by atoms with Crippen molar-refractivity contribution >= 4 is 29.0 Å². The van der Waals surface area contributed by atoms with E-state index in [1.54, 1.807) is 28.8 Å². The molecular formula is C28H21FN4O3S2. The van der Waals surface area contributed by atoms with Gasteiger partial charge in [-0.15, -0.1) is 21.5 Å². The molecule has 0 radical (unpaired) electrons. The van der Waals surface area contributed by atoms with Crippen LogP contribution in [0, 0.1) is 5.82 Å². The van der Waals surface area contributed by atoms with Gasteiger partial charge in [-0.1, -0.05) is 48.2 Å². The summed E-state index contributed by atoms with van der Waals surface area (Å²) in [6.07, 6.45) is 0. The van der Waals surface area contributed by atoms with E-state index in [1.807, 2.05) is 53.9 Å². The van der Waals surface area contributed by atoms with E-state index in [1.165, 1.54) is 29.2 Å². The van der Waals surface area contributed by atoms with Gasteiger partial charge in [-0.2, -0.15) is 0 Å². The van der Waals surface area contributed by atoms with E-state index < -0.39 is 0 Å². The molecule has 1 aliphatic heterocycles. The van der Waals surface area contributed by atoms with Gasteiger partial charge in [0.05, 0.1) is 10.6 Å². The fourth-order valence-corrected chi connectivity index (χ4v) is 5.65. The van der Waals surface area contributed by atoms with Crippen LogP contribution in [0.2, 0.25) is 0 Å². The van der Waals surface area contributed by atoms with E-state index in [-0.39, 0.29) is 18.5 Å². The molecule has 7 nitrogen and oxygen atoms in total. The van der Waals surface area contributed by atoms with Crippen LogP contribution in [0.5, 0.6) is 11.5 Å². The van der Waals surface area contributed by atoms with E-state index in [0.717, 1.165) is 16.0 Å². The van der Waals surface area contributed by atoms with Crippen LogP contribution in [0.1, 0.15) is 21.5 Å². The minimum Gasteiger partial charge on any atom is -0.454 e. The highest BCUT2D eigenvalue weighted by molar-refractivity contribution is 7.98. The third-order valence-corrected chi connectivity index (χ3v) is 7.78. The number of thioether (sulfide) groups is 1. The van der Waals surface area contributed by atoms with Crippen LogP contribution in [0.15, 0.2) is 89.4 Å². The van der Waals surface area contributed by atoms with Gasteiger partial charge >= 0.3 is 0 Å². The number of ether oxygens (including phenoxy) is 2. The van der Waals surface area contributed by atoms with Crippen LogP contribution in [0.25, 0.3) is 16.4 Å². The first kappa shape index (κ1) is 24.2. The number of para-hydroxylation sites is 1. The predicted octanol–water partition coefficient (Wildman–Crippen LogP) is 6.09. The van der Waals surface area contributed by atoms with Crippen LogP contribution in [-0.2, 0) is 12.3 Å². The number of aromatic nitrogens is 3. The molecule has 3 aromatic carbocycles. The van der Waals surface area contributed by atoms with Crippen LogP contribution >= 0.6 is 23.1 Å². The number of fused-ring (bicyclic) bond motifs is 1. The lowest BCUT2D eigenvalue weighted by molar-refractivity contribution is 0.0950. The third-order valence-electron chi connectivity index (χ3n) is 5.92. The largest absolute Gasteiger partial charge is 0.454 e. The van der Waals surface area contributed by atoms with Gasteiger partial charge < -0.3 is 14.8 Å². The second-order valence-corrected chi connectivity index (χ2v) is 10.3. The first-order chi connectivity index (χ1) is 18.7. The smallest absolute Gasteiger partial charge is 0.251 e. The van der Waals surface area contributed by atoms with Crippen LogP contribution in [0.4, 0.5) is 4.39 Å². The highest BCUT2D eigenvalue weighted by Crippen LogP contribution is 2.33. The molecule has 0 atom stereocenters. The van der Waals surface area contributed by atoms with Gasteiger partial charge in [0.15, 0.2) is 22.5 Å². The number of nitrogens with zero attached hydrogens (tertiary/aromatic N) is 3. The average Bonchev–Trinajstić information content (AvgIpc) is 3.71. The molecule has 3 heterocycles. The topological polar surface area (TPSA) is 78.3 Å². The van der Waals surface area contributed by atoms with Crippen molar-refractivity contribution in [3.05, 3.63) is 107 Å². The number of carbonyl (C=O) groups excluding carboxylic acids is 1. The molecule has 190 valence electrons. The molecule has 1 amide bonds. The van der Waals surface area contributed by atoms with E-state index in [4.69, 9.17) is 9.47 Å². The number of rotatable bonds is 8. The van der Waals surface area contributed by atoms with Gasteiger partial charge in [0, 0.05) is 17.9 Å². The maximum atomic E-state index is 14.8. The standard InChI is InChI=1S/C28H21FN4O3S2/c29-21-7-1-2-8-22(21)33-26(25-9-4-12-37-25)31-32-28(33)38-16-19-5-3-6-20(13-19)27(34)30-15-18-10-11-23-24(14-18)36-17-35-23/h1-14H,15-17H2,(H,30,34). The van der Waals surface area contributed by atoms with Crippen molar-refractivity contribution in [2.45, 2.75) is 17.5 Å². The Bertz CT molecular complexity index is 1600. The van der Waals surface area contributed by atoms with Crippen LogP contribution < -0.4 is 14.8 Å². The molecule has 0 aliphatic carbocycles. The van der Waals surface area contributed by atoms with Crippen molar-refractivity contribution in [1.29, 1.82) is 0 Å². The van der Waals surface area contributed by atoms with Gasteiger partial charge in [-0.3, -0.25) is 9.36 Å². The summed E-state index contributed by atoms with van der Waals surface area (Å²) in [4.78, 5) is 13.7. The van der Waals surface area contributed by atoms with Crippen LogP contribution in [0.3, 0.4) is 0 Å². The maximum absolute atomic E-state index is 14.8. The van der Waals surface area contributed by atoms with Gasteiger partial charge in [0.1, 0.15) is 5.82 Å². The zero-order valence-electron chi connectivity index (χ0n) is 20.0. The first-order valence-electron chi connectivity index (χ1n) is 11.8. The Hall–Kier alpha value is -4.15. The molecule has 1 N–H and O–H groups in total. The van der Waals surface area contributed by atoms with Crippen molar-refractivity contribution in [2.75, 3.05) is 6.79 Å². The molecule has 0 bridgehead atoms. The lowest BCUT2D eigenvalue weighted by atomic mass is 10.1. The van der Waals surface area contributed by atoms with Crippen molar-refractivity contribution in [3.8, 4) is 27.9 Å². The van der Waals surface area contributed by atoms with E-state index in [2.05, 4.69) is 15.5 Å². The Morgan fingerprint density at radius 1 is 0.974 bits per heavy atom. The van der Waals surface area contributed by atoms with Gasteiger partial charge in [-0.05, 0) is 59.0 Å². The molecule has 6 rings (SSSR count). The maximum Gasteiger partial charge on any atom is 0.251 e. The summed E-state index contributed by atoms with van der Waals surface area (Å²) >= 11 is 2.95. The normalized spacial score (nSPS) is 12.0. The highest BCUT2D eigenvalue weighted by Gasteiger charge is 2.19. The number of hydrogen-bond donors (Lipinski definition) is 1. The number of halogens is 1. The zero-order valence-corrected chi connectivity index (χ0v) is 21.6. The summed E-state index contributed by atoms with van der Waals surface area (Å²) in [6, 6.07) is 23.5. The van der Waals surface area contributed by atoms with Crippen LogP contribution in [-0.4, -0.2) is 27.5 Å². The fraction of sp³-hybridized carbons (Fsp3) is 0.107. The SMILES string of the molecule is O=C(NCc1ccc2c(c1)OCO2)c1cccc(CSc2nnc(-c3cccs3)n2-c2ccccc2F)c1. The molecule has 1 aliphatic rings. The van der Waals surface area contributed by atoms with Crippen molar-refractivity contribution in [2.24, 2.45) is 0 Å². The molecule has 2 aromatic heterocycles. The van der Waals surface area contributed by atoms with Gasteiger partial charge in [0.2, 0.25) is 6.79 Å². The highest BCUT2D eigenvalue weighted by atomic mass is 32.2. The number of amides is 1. The molecule has 0 unspecified atom stereocenters. The third kappa shape index (κ3) is 5.00. The minimum atomic E-state index is -0.354. The second kappa shape index (κ2) is 10.7. The molecule has 0 saturated carbocycles. The summed E-state index contributed by atoms with van der Waals surface area (Å²) in [6.45, 7) is 0.577. The second-order valence-electron chi connectivity index (χ2n) is 8.43. The summed E-state index contributed by atoms with van der Waals surface area (Å²) < 4.78 is 27.3. The molecule has 0 fully saturated rings. The van der Waals surface area contributed by atoms with Gasteiger partial charge in [0.25, 0.3) is 5.91 Å². The number of benzene rings is 3. The Morgan fingerprint density at radius 2 is 1.87 bits per heavy atom. The first-order valence-corrected chi connectivity index (χ1v) is 13.6. The quantitative estimate of drug-likeness (QED) is 0.238. The summed E-state index contributed by atoms with van der Waals surface area (Å²) in [5.74, 6) is 1.97. The monoisotopic (exact) mass is 544 g/mol. The Labute approximate surface area is 226 Å². The molecule has 0 saturated heterocycles. The van der Waals surface area contributed by atoms with Crippen molar-refractivity contribution < 1.29 is 18.7 Å². The summed E-state index contributed by atoms with van der Waals surface area (Å²) in [5.41, 5.74) is 2.80. The number of hydrogen-bond acceptors (Lipinski definition) is 7. The molecule has 38 heavy (non-hydrogen) atoms. The molecule has 0 spiro atoms. The lowest BCUT2D eigenvalue weighted by Gasteiger charge is -2.11.